The Morgan fingerprint density at radius 3 is 2.52 bits per heavy atom. The minimum atomic E-state index is -1.03. The van der Waals surface area contributed by atoms with E-state index in [9.17, 15) is 28.0 Å². The van der Waals surface area contributed by atoms with E-state index in [0.717, 1.165) is 12.1 Å². The van der Waals surface area contributed by atoms with Gasteiger partial charge in [-0.15, -0.1) is 0 Å². The fourth-order valence-corrected chi connectivity index (χ4v) is 5.26. The van der Waals surface area contributed by atoms with Crippen molar-refractivity contribution in [1.29, 1.82) is 0 Å². The van der Waals surface area contributed by atoms with Crippen molar-refractivity contribution in [3.05, 3.63) is 82.9 Å². The lowest BCUT2D eigenvalue weighted by Gasteiger charge is -2.29. The number of nitrogens with zero attached hydrogens (tertiary/aromatic N) is 1. The maximum absolute atomic E-state index is 13.6. The van der Waals surface area contributed by atoms with E-state index in [2.05, 4.69) is 10.6 Å². The minimum absolute atomic E-state index is 0.110. The van der Waals surface area contributed by atoms with E-state index in [1.54, 1.807) is 24.3 Å². The van der Waals surface area contributed by atoms with Gasteiger partial charge in [-0.3, -0.25) is 25.0 Å². The molecule has 13 heteroatoms. The van der Waals surface area contributed by atoms with E-state index in [1.165, 1.54) is 23.1 Å². The number of imide groups is 1. The van der Waals surface area contributed by atoms with Crippen LogP contribution in [0.25, 0.3) is 0 Å². The van der Waals surface area contributed by atoms with Gasteiger partial charge in [-0.05, 0) is 48.4 Å². The van der Waals surface area contributed by atoms with Crippen LogP contribution in [0.2, 0.25) is 0 Å². The summed E-state index contributed by atoms with van der Waals surface area (Å²) in [6, 6.07) is 12.0. The van der Waals surface area contributed by atoms with Crippen LogP contribution in [-0.2, 0) is 32.2 Å². The molecule has 2 atom stereocenters. The number of hydrogen-bond acceptors (Lipinski definition) is 8. The molecule has 0 aliphatic carbocycles. The van der Waals surface area contributed by atoms with Gasteiger partial charge in [0, 0.05) is 36.7 Å². The number of hydrogen-bond donors (Lipinski definition) is 2. The molecular formula is C31H27F2N3O8. The van der Waals surface area contributed by atoms with E-state index in [1.807, 2.05) is 0 Å². The third-order valence-corrected chi connectivity index (χ3v) is 7.49. The van der Waals surface area contributed by atoms with Crippen LogP contribution in [0.4, 0.5) is 19.3 Å². The second kappa shape index (κ2) is 12.3. The number of amides is 4. The van der Waals surface area contributed by atoms with Crippen molar-refractivity contribution in [1.82, 2.24) is 10.2 Å². The van der Waals surface area contributed by atoms with Crippen molar-refractivity contribution in [3.8, 4) is 17.2 Å². The monoisotopic (exact) mass is 607 g/mol. The van der Waals surface area contributed by atoms with Crippen LogP contribution in [0.3, 0.4) is 0 Å². The van der Waals surface area contributed by atoms with E-state index in [0.29, 0.717) is 47.8 Å². The number of anilines is 1. The molecule has 4 amide bonds. The SMILES string of the molecule is O=C1CCC(N2Cc3ccc(COC(=O)Nc4ccc(Oc5ccc(F)c(F)c5)cc4)c(O[C@H]4CCOC4)c3C2=O)C(=O)N1. The average Bonchev–Trinajstić information content (AvgIpc) is 3.63. The third kappa shape index (κ3) is 6.18. The molecule has 0 radical (unpaired) electrons. The highest BCUT2D eigenvalue weighted by Crippen LogP contribution is 2.38. The second-order valence-electron chi connectivity index (χ2n) is 10.5. The molecule has 228 valence electrons. The van der Waals surface area contributed by atoms with Crippen LogP contribution < -0.4 is 20.1 Å². The van der Waals surface area contributed by atoms with Gasteiger partial charge in [-0.2, -0.15) is 0 Å². The van der Waals surface area contributed by atoms with Crippen molar-refractivity contribution < 1.29 is 46.9 Å². The molecule has 11 nitrogen and oxygen atoms in total. The molecule has 0 aromatic heterocycles. The summed E-state index contributed by atoms with van der Waals surface area (Å²) in [6.07, 6.45) is -0.0986. The number of carbonyl (C=O) groups is 4. The first kappa shape index (κ1) is 29.1. The summed E-state index contributed by atoms with van der Waals surface area (Å²) in [7, 11) is 0. The first-order valence-electron chi connectivity index (χ1n) is 14.0. The molecule has 44 heavy (non-hydrogen) atoms. The molecule has 2 saturated heterocycles. The molecule has 0 saturated carbocycles. The van der Waals surface area contributed by atoms with E-state index >= 15 is 0 Å². The topological polar surface area (TPSA) is 132 Å². The largest absolute Gasteiger partial charge is 0.487 e. The molecule has 6 rings (SSSR count). The first-order valence-corrected chi connectivity index (χ1v) is 14.0. The Hall–Kier alpha value is -5.04. The fraction of sp³-hybridized carbons (Fsp3) is 0.290. The summed E-state index contributed by atoms with van der Waals surface area (Å²) in [5.74, 6) is -2.59. The van der Waals surface area contributed by atoms with E-state index < -0.39 is 35.6 Å². The number of rotatable bonds is 8. The third-order valence-electron chi connectivity index (χ3n) is 7.49. The highest BCUT2D eigenvalue weighted by atomic mass is 19.2. The van der Waals surface area contributed by atoms with Gasteiger partial charge in [0.2, 0.25) is 11.8 Å². The summed E-state index contributed by atoms with van der Waals surface area (Å²) >= 11 is 0. The molecule has 3 heterocycles. The molecule has 3 aromatic carbocycles. The smallest absolute Gasteiger partial charge is 0.411 e. The van der Waals surface area contributed by atoms with Crippen molar-refractivity contribution in [2.24, 2.45) is 0 Å². The Morgan fingerprint density at radius 1 is 1.00 bits per heavy atom. The minimum Gasteiger partial charge on any atom is -0.487 e. The molecule has 0 spiro atoms. The lowest BCUT2D eigenvalue weighted by molar-refractivity contribution is -0.136. The summed E-state index contributed by atoms with van der Waals surface area (Å²) in [4.78, 5) is 51.8. The maximum atomic E-state index is 13.6. The lowest BCUT2D eigenvalue weighted by atomic mass is 10.0. The van der Waals surface area contributed by atoms with Crippen LogP contribution in [0.1, 0.15) is 40.7 Å². The zero-order valence-electron chi connectivity index (χ0n) is 23.3. The van der Waals surface area contributed by atoms with Crippen LogP contribution in [0, 0.1) is 11.6 Å². The van der Waals surface area contributed by atoms with Gasteiger partial charge in [0.25, 0.3) is 5.91 Å². The zero-order chi connectivity index (χ0) is 30.8. The average molecular weight is 608 g/mol. The highest BCUT2D eigenvalue weighted by Gasteiger charge is 2.41. The van der Waals surface area contributed by atoms with E-state index in [4.69, 9.17) is 18.9 Å². The Balaban J connectivity index is 1.13. The Labute approximate surface area is 250 Å². The number of piperidine rings is 1. The molecule has 2 N–H and O–H groups in total. The number of benzene rings is 3. The Morgan fingerprint density at radius 2 is 1.80 bits per heavy atom. The van der Waals surface area contributed by atoms with Gasteiger partial charge in [0.05, 0.1) is 18.8 Å². The number of fused-ring (bicyclic) bond motifs is 1. The number of carbonyl (C=O) groups excluding carboxylic acids is 4. The molecule has 1 unspecified atom stereocenters. The molecule has 3 aliphatic heterocycles. The van der Waals surface area contributed by atoms with Crippen molar-refractivity contribution in [2.75, 3.05) is 18.5 Å². The number of halogens is 2. The zero-order valence-corrected chi connectivity index (χ0v) is 23.3. The molecule has 3 aromatic rings. The van der Waals surface area contributed by atoms with Gasteiger partial charge in [0.15, 0.2) is 11.6 Å². The Kier molecular flexibility index (Phi) is 8.11. The summed E-state index contributed by atoms with van der Waals surface area (Å²) < 4.78 is 49.2. The van der Waals surface area contributed by atoms with Crippen LogP contribution in [0.5, 0.6) is 17.2 Å². The fourth-order valence-electron chi connectivity index (χ4n) is 5.26. The Bertz CT molecular complexity index is 1620. The van der Waals surface area contributed by atoms with Crippen molar-refractivity contribution in [3.63, 3.8) is 0 Å². The normalized spacial score (nSPS) is 19.4. The molecular weight excluding hydrogens is 580 g/mol. The summed E-state index contributed by atoms with van der Waals surface area (Å²) in [5.41, 5.74) is 1.79. The van der Waals surface area contributed by atoms with Gasteiger partial charge in [0.1, 0.15) is 36.0 Å². The standard InChI is InChI=1S/C31H27F2N3O8/c32-23-8-7-21(13-24(23)33)43-20-5-3-19(4-6-20)34-31(40)42-15-18-2-1-17-14-36(25-9-10-26(37)35-29(25)38)30(39)27(17)28(18)44-22-11-12-41-16-22/h1-8,13,22,25H,9-12,14-16H2,(H,34,40)(H,35,37,38)/t22-,25?/m0/s1. The summed E-state index contributed by atoms with van der Waals surface area (Å²) in [6.45, 7) is 0.806. The predicted octanol–water partition coefficient (Wildman–Crippen LogP) is 4.43. The van der Waals surface area contributed by atoms with Gasteiger partial charge < -0.3 is 23.8 Å². The van der Waals surface area contributed by atoms with Crippen LogP contribution >= 0.6 is 0 Å². The molecule has 3 aliphatic rings. The highest BCUT2D eigenvalue weighted by molar-refractivity contribution is 6.06. The van der Waals surface area contributed by atoms with Gasteiger partial charge in [-0.1, -0.05) is 12.1 Å². The lowest BCUT2D eigenvalue weighted by Crippen LogP contribution is -2.52. The first-order chi connectivity index (χ1) is 21.2. The summed E-state index contributed by atoms with van der Waals surface area (Å²) in [5, 5.41) is 4.89. The van der Waals surface area contributed by atoms with E-state index in [-0.39, 0.29) is 49.5 Å². The maximum Gasteiger partial charge on any atom is 0.411 e. The molecule has 2 fully saturated rings. The van der Waals surface area contributed by atoms with Crippen molar-refractivity contribution in [2.45, 2.75) is 44.6 Å². The van der Waals surface area contributed by atoms with Gasteiger partial charge >= 0.3 is 6.09 Å². The second-order valence-corrected chi connectivity index (χ2v) is 10.5. The number of ether oxygens (including phenoxy) is 4. The predicted molar refractivity (Wildman–Crippen MR) is 149 cm³/mol. The van der Waals surface area contributed by atoms with Crippen LogP contribution in [-0.4, -0.2) is 54.1 Å². The van der Waals surface area contributed by atoms with Crippen molar-refractivity contribution >= 4 is 29.5 Å². The van der Waals surface area contributed by atoms with Crippen LogP contribution in [0.15, 0.2) is 54.6 Å². The van der Waals surface area contributed by atoms with Gasteiger partial charge in [-0.25, -0.2) is 13.6 Å². The molecule has 0 bridgehead atoms. The number of nitrogens with one attached hydrogen (secondary N) is 2. The quantitative estimate of drug-likeness (QED) is 0.360.